The molecule has 0 saturated heterocycles. The highest BCUT2D eigenvalue weighted by Gasteiger charge is 2.48. The fourth-order valence-corrected chi connectivity index (χ4v) is 22.9. The van der Waals surface area contributed by atoms with Gasteiger partial charge in [-0.1, -0.05) is 406 Å². The van der Waals surface area contributed by atoms with E-state index < -0.39 is 0 Å². The van der Waals surface area contributed by atoms with Gasteiger partial charge in [0.05, 0.1) is 0 Å². The van der Waals surface area contributed by atoms with E-state index in [0.29, 0.717) is 0 Å². The summed E-state index contributed by atoms with van der Waals surface area (Å²) in [6, 6.07) is 78.3. The Labute approximate surface area is 689 Å². The number of rotatable bonds is 44. The van der Waals surface area contributed by atoms with Gasteiger partial charge < -0.3 is 0 Å². The summed E-state index contributed by atoms with van der Waals surface area (Å²) in [4.78, 5) is 15.5. The van der Waals surface area contributed by atoms with Crippen LogP contribution in [0.25, 0.3) is 100 Å². The summed E-state index contributed by atoms with van der Waals surface area (Å²) in [5.74, 6) is 0.148. The lowest BCUT2D eigenvalue weighted by molar-refractivity contribution is 0.104. The topological polar surface area (TPSA) is 17.1 Å². The van der Waals surface area contributed by atoms with Crippen LogP contribution in [0.2, 0.25) is 0 Å². The number of unbranched alkanes of at least 4 members (excludes halogenated alkanes) is 24. The van der Waals surface area contributed by atoms with Crippen molar-refractivity contribution in [1.82, 2.24) is 0 Å². The van der Waals surface area contributed by atoms with Crippen molar-refractivity contribution in [2.75, 3.05) is 0 Å². The third-order valence-corrected chi connectivity index (χ3v) is 29.1. The van der Waals surface area contributed by atoms with Gasteiger partial charge in [0.1, 0.15) is 0 Å². The average Bonchev–Trinajstić information content (AvgIpc) is 1.56. The molecule has 10 aromatic carbocycles. The maximum atomic E-state index is 15.5. The standard InChI is InChI=1S/C113H136O/c1-9-17-25-37-65-110(66-38-26-18-10-2)101-47-35-33-45-91(101)93-59-53-85(77-103(93)110)87-55-63-97-95-61-51-83(75-105(95)112(107(97)79-87,69-41-29-21-13-5)70-42-30-22-14-6)81-49-57-89-90-58-50-82(74-100(90)109(114)99(89)73-81)84-52-62-96-98-64-56-88(80-108(98)113(106(96)76-84,71-43-31-23-15-7)72-44-32-24-16-8)86-54-60-94-92-46-34-36-48-102(92)111(104(94)78-86,67-39-27-19-11-3)68-40-28-20-12-4/h33-36,45-64,73-80H,9-32,37-44,65-72H2,1-8H3. The van der Waals surface area contributed by atoms with Crippen LogP contribution < -0.4 is 0 Å². The summed E-state index contributed by atoms with van der Waals surface area (Å²) in [5, 5.41) is 0. The first-order valence-corrected chi connectivity index (χ1v) is 47.0. The molecule has 594 valence electrons. The predicted octanol–water partition coefficient (Wildman–Crippen LogP) is 34.4. The molecule has 5 aliphatic rings. The number of carbonyl (C=O) groups is 1. The molecule has 10 aromatic rings. The quantitative estimate of drug-likeness (QED) is 0.0348. The third kappa shape index (κ3) is 15.5. The molecule has 15 rings (SSSR count). The van der Waals surface area contributed by atoms with Crippen LogP contribution in [0.1, 0.15) is 373 Å². The number of benzene rings is 10. The van der Waals surface area contributed by atoms with Crippen LogP contribution in [-0.2, 0) is 21.7 Å². The normalized spacial score (nSPS) is 14.8. The van der Waals surface area contributed by atoms with Crippen molar-refractivity contribution in [1.29, 1.82) is 0 Å². The van der Waals surface area contributed by atoms with Gasteiger partial charge in [-0.05, 0) is 245 Å². The van der Waals surface area contributed by atoms with Gasteiger partial charge in [-0.15, -0.1) is 0 Å². The highest BCUT2D eigenvalue weighted by Crippen LogP contribution is 2.61. The Balaban J connectivity index is 0.759. The fourth-order valence-electron chi connectivity index (χ4n) is 22.9. The first kappa shape index (κ1) is 81.0. The zero-order valence-corrected chi connectivity index (χ0v) is 71.7. The molecule has 0 atom stereocenters. The SMILES string of the molecule is CCCCCCC1(CCCCCC)c2ccccc2-c2ccc(-c3ccc4c(c3)C(CCCCCC)(CCCCCC)c3cc(-c5ccc6c(c5)C(=O)c5cc(-c7ccc8c(c7)C(CCCCCC)(CCCCCC)c7cc(-c9ccc%10c(c9)C(CCCCCC)(CCCCCC)c9ccccc9-%10)ccc7-8)ccc5-6)ccc3-4)cc21. The largest absolute Gasteiger partial charge is 0.289 e. The van der Waals surface area contributed by atoms with E-state index in [-0.39, 0.29) is 27.4 Å². The Morgan fingerprint density at radius 3 is 0.553 bits per heavy atom. The van der Waals surface area contributed by atoms with Gasteiger partial charge in [0.25, 0.3) is 0 Å². The van der Waals surface area contributed by atoms with Crippen molar-refractivity contribution in [3.63, 3.8) is 0 Å². The number of fused-ring (bicyclic) bond motifs is 15. The van der Waals surface area contributed by atoms with Gasteiger partial charge in [-0.3, -0.25) is 4.79 Å². The number of hydrogen-bond donors (Lipinski definition) is 0. The number of carbonyl (C=O) groups excluding carboxylic acids is 1. The average molecular weight is 1510 g/mol. The van der Waals surface area contributed by atoms with Crippen molar-refractivity contribution >= 4 is 5.78 Å². The second kappa shape index (κ2) is 37.0. The van der Waals surface area contributed by atoms with Crippen LogP contribution in [0.4, 0.5) is 0 Å². The van der Waals surface area contributed by atoms with Crippen LogP contribution >= 0.6 is 0 Å². The monoisotopic (exact) mass is 1510 g/mol. The highest BCUT2D eigenvalue weighted by atomic mass is 16.1. The summed E-state index contributed by atoms with van der Waals surface area (Å²) in [6.45, 7) is 18.8. The molecular formula is C113H136O. The molecule has 0 N–H and O–H groups in total. The molecule has 0 saturated carbocycles. The summed E-state index contributed by atoms with van der Waals surface area (Å²) in [5.41, 5.74) is 37.6. The van der Waals surface area contributed by atoms with E-state index in [2.05, 4.69) is 250 Å². The van der Waals surface area contributed by atoms with Gasteiger partial charge in [0.2, 0.25) is 0 Å². The van der Waals surface area contributed by atoms with Crippen LogP contribution in [0.15, 0.2) is 194 Å². The summed E-state index contributed by atoms with van der Waals surface area (Å²) < 4.78 is 0. The summed E-state index contributed by atoms with van der Waals surface area (Å²) in [7, 11) is 0. The highest BCUT2D eigenvalue weighted by molar-refractivity contribution is 6.22. The Morgan fingerprint density at radius 2 is 0.342 bits per heavy atom. The Morgan fingerprint density at radius 1 is 0.167 bits per heavy atom. The lowest BCUT2D eigenvalue weighted by Gasteiger charge is -2.34. The first-order chi connectivity index (χ1) is 56.1. The van der Waals surface area contributed by atoms with Gasteiger partial charge in [0.15, 0.2) is 5.78 Å². The predicted molar refractivity (Wildman–Crippen MR) is 492 cm³/mol. The van der Waals surface area contributed by atoms with Crippen molar-refractivity contribution < 1.29 is 4.79 Å². The zero-order chi connectivity index (χ0) is 78.7. The molecule has 0 unspecified atom stereocenters. The molecule has 0 amide bonds. The van der Waals surface area contributed by atoms with E-state index in [0.717, 1.165) is 59.1 Å². The van der Waals surface area contributed by atoms with E-state index in [4.69, 9.17) is 0 Å². The maximum Gasteiger partial charge on any atom is 0.194 e. The summed E-state index contributed by atoms with van der Waals surface area (Å²) in [6.07, 6.45) is 49.9. The van der Waals surface area contributed by atoms with Crippen LogP contribution in [-0.4, -0.2) is 5.78 Å². The minimum Gasteiger partial charge on any atom is -0.289 e. The van der Waals surface area contributed by atoms with Crippen LogP contribution in [0.3, 0.4) is 0 Å². The molecule has 5 aliphatic carbocycles. The number of hydrogen-bond acceptors (Lipinski definition) is 1. The Bertz CT molecular complexity index is 4620. The Hall–Kier alpha value is -8.13. The minimum atomic E-state index is -0.120. The molecule has 0 spiro atoms. The molecular weight excluding hydrogens is 1370 g/mol. The molecule has 0 aromatic heterocycles. The van der Waals surface area contributed by atoms with Gasteiger partial charge in [0, 0.05) is 32.8 Å². The van der Waals surface area contributed by atoms with E-state index in [1.54, 1.807) is 22.3 Å². The maximum absolute atomic E-state index is 15.5. The van der Waals surface area contributed by atoms with E-state index in [1.165, 1.54) is 331 Å². The van der Waals surface area contributed by atoms with Gasteiger partial charge in [-0.25, -0.2) is 0 Å². The van der Waals surface area contributed by atoms with Crippen molar-refractivity contribution in [3.8, 4) is 100 Å². The molecule has 1 nitrogen and oxygen atoms in total. The zero-order valence-electron chi connectivity index (χ0n) is 71.7. The van der Waals surface area contributed by atoms with Crippen LogP contribution in [0, 0.1) is 0 Å². The van der Waals surface area contributed by atoms with E-state index >= 15 is 4.79 Å². The second-order valence-corrected chi connectivity index (χ2v) is 36.3. The van der Waals surface area contributed by atoms with E-state index in [1.807, 2.05) is 0 Å². The minimum absolute atomic E-state index is 0.0378. The van der Waals surface area contributed by atoms with Crippen molar-refractivity contribution in [2.45, 2.75) is 334 Å². The Kier molecular flexibility index (Phi) is 26.3. The molecule has 0 bridgehead atoms. The third-order valence-electron chi connectivity index (χ3n) is 29.1. The molecule has 1 heteroatoms. The van der Waals surface area contributed by atoms with Crippen molar-refractivity contribution in [2.24, 2.45) is 0 Å². The lowest BCUT2D eigenvalue weighted by atomic mass is 9.69. The fraction of sp³-hybridized carbons (Fsp3) is 0.460. The number of ketones is 1. The van der Waals surface area contributed by atoms with Gasteiger partial charge in [-0.2, -0.15) is 0 Å². The van der Waals surface area contributed by atoms with Crippen molar-refractivity contribution in [3.05, 3.63) is 250 Å². The van der Waals surface area contributed by atoms with Crippen LogP contribution in [0.5, 0.6) is 0 Å². The molecule has 0 fully saturated rings. The summed E-state index contributed by atoms with van der Waals surface area (Å²) >= 11 is 0. The second-order valence-electron chi connectivity index (χ2n) is 36.3. The lowest BCUT2D eigenvalue weighted by Crippen LogP contribution is -2.26. The molecule has 0 radical (unpaired) electrons. The molecule has 0 aliphatic heterocycles. The van der Waals surface area contributed by atoms with E-state index in [9.17, 15) is 0 Å². The smallest absolute Gasteiger partial charge is 0.194 e. The molecule has 114 heavy (non-hydrogen) atoms. The van der Waals surface area contributed by atoms with Gasteiger partial charge >= 0.3 is 0 Å². The first-order valence-electron chi connectivity index (χ1n) is 47.0. The molecule has 0 heterocycles.